The summed E-state index contributed by atoms with van der Waals surface area (Å²) in [7, 11) is 1.52. The fraction of sp³-hybridized carbons (Fsp3) is 0.133. The van der Waals surface area contributed by atoms with E-state index in [2.05, 4.69) is 0 Å². The highest BCUT2D eigenvalue weighted by Gasteiger charge is 2.08. The second-order valence-electron chi connectivity index (χ2n) is 3.97. The Morgan fingerprint density at radius 2 is 1.95 bits per heavy atom. The number of benzene rings is 2. The van der Waals surface area contributed by atoms with E-state index in [0.29, 0.717) is 33.7 Å². The van der Waals surface area contributed by atoms with E-state index in [1.165, 1.54) is 7.11 Å². The minimum absolute atomic E-state index is 0.347. The summed E-state index contributed by atoms with van der Waals surface area (Å²) in [5, 5.41) is 9.40. The zero-order valence-electron chi connectivity index (χ0n) is 10.7. The smallest absolute Gasteiger partial charge is 0.169 e. The van der Waals surface area contributed by atoms with Crippen molar-refractivity contribution in [1.82, 2.24) is 0 Å². The summed E-state index contributed by atoms with van der Waals surface area (Å²) in [5.74, 6) is 1.92. The van der Waals surface area contributed by atoms with E-state index < -0.39 is 0 Å². The van der Waals surface area contributed by atoms with Crippen LogP contribution in [0.5, 0.6) is 17.2 Å². The first-order valence-corrected chi connectivity index (χ1v) is 6.69. The van der Waals surface area contributed by atoms with Crippen LogP contribution in [-0.4, -0.2) is 7.11 Å². The van der Waals surface area contributed by atoms with Gasteiger partial charge >= 0.3 is 0 Å². The van der Waals surface area contributed by atoms with Crippen LogP contribution in [0.4, 0.5) is 0 Å². The van der Waals surface area contributed by atoms with Gasteiger partial charge in [-0.3, -0.25) is 0 Å². The maximum absolute atomic E-state index is 8.86. The predicted octanol–water partition coefficient (Wildman–Crippen LogP) is 4.75. The molecule has 0 unspecified atom stereocenters. The molecule has 0 aliphatic carbocycles. The molecule has 2 rings (SSSR count). The van der Waals surface area contributed by atoms with E-state index in [1.807, 2.05) is 6.07 Å². The number of ether oxygens (including phenoxy) is 2. The lowest BCUT2D eigenvalue weighted by Gasteiger charge is -2.11. The quantitative estimate of drug-likeness (QED) is 0.765. The lowest BCUT2D eigenvalue weighted by Crippen LogP contribution is -1.92. The number of alkyl halides is 1. The molecule has 0 aliphatic rings. The van der Waals surface area contributed by atoms with Gasteiger partial charge in [-0.1, -0.05) is 17.7 Å². The number of hydrogen-bond donors (Lipinski definition) is 0. The SMILES string of the molecule is COc1cc(C#N)ccc1Oc1ccc(CCl)c(Cl)c1. The number of nitrogens with zero attached hydrogens (tertiary/aromatic N) is 1. The first kappa shape index (κ1) is 14.5. The number of nitriles is 1. The molecule has 0 radical (unpaired) electrons. The lowest BCUT2D eigenvalue weighted by atomic mass is 10.2. The molecule has 0 amide bonds. The minimum atomic E-state index is 0.347. The number of methoxy groups -OCH3 is 1. The van der Waals surface area contributed by atoms with E-state index >= 15 is 0 Å². The van der Waals surface area contributed by atoms with E-state index in [0.717, 1.165) is 5.56 Å². The van der Waals surface area contributed by atoms with Crippen molar-refractivity contribution in [3.63, 3.8) is 0 Å². The Kier molecular flexibility index (Phi) is 4.73. The molecule has 2 aromatic rings. The van der Waals surface area contributed by atoms with Crippen molar-refractivity contribution in [2.45, 2.75) is 5.88 Å². The summed E-state index contributed by atoms with van der Waals surface area (Å²) in [6, 6.07) is 12.3. The highest BCUT2D eigenvalue weighted by molar-refractivity contribution is 6.32. The van der Waals surface area contributed by atoms with E-state index in [4.69, 9.17) is 37.9 Å². The monoisotopic (exact) mass is 307 g/mol. The molecule has 5 heteroatoms. The van der Waals surface area contributed by atoms with Gasteiger partial charge in [0.2, 0.25) is 0 Å². The van der Waals surface area contributed by atoms with Crippen molar-refractivity contribution in [3.8, 4) is 23.3 Å². The third-order valence-electron chi connectivity index (χ3n) is 2.69. The molecule has 0 saturated carbocycles. The van der Waals surface area contributed by atoms with Crippen LogP contribution in [0.2, 0.25) is 5.02 Å². The van der Waals surface area contributed by atoms with Crippen molar-refractivity contribution in [1.29, 1.82) is 5.26 Å². The van der Waals surface area contributed by atoms with Crippen molar-refractivity contribution < 1.29 is 9.47 Å². The standard InChI is InChI=1S/C15H11Cl2NO2/c1-19-15-6-10(9-18)2-5-14(15)20-12-4-3-11(8-16)13(17)7-12/h2-7H,8H2,1H3. The summed E-state index contributed by atoms with van der Waals surface area (Å²) in [6.07, 6.45) is 0. The van der Waals surface area contributed by atoms with E-state index in [1.54, 1.807) is 36.4 Å². The summed E-state index contributed by atoms with van der Waals surface area (Å²) in [6.45, 7) is 0. The van der Waals surface area contributed by atoms with Crippen LogP contribution in [0.1, 0.15) is 11.1 Å². The Balaban J connectivity index is 2.30. The van der Waals surface area contributed by atoms with Crippen LogP contribution in [0.25, 0.3) is 0 Å². The molecule has 102 valence electrons. The second kappa shape index (κ2) is 6.51. The summed E-state index contributed by atoms with van der Waals surface area (Å²) < 4.78 is 10.9. The molecule has 2 aromatic carbocycles. The van der Waals surface area contributed by atoms with E-state index in [-0.39, 0.29) is 0 Å². The molecule has 0 bridgehead atoms. The normalized spacial score (nSPS) is 9.90. The molecule has 0 spiro atoms. The lowest BCUT2D eigenvalue weighted by molar-refractivity contribution is 0.378. The molecular weight excluding hydrogens is 297 g/mol. The molecule has 0 heterocycles. The minimum Gasteiger partial charge on any atom is -0.493 e. The third kappa shape index (κ3) is 3.16. The Bertz CT molecular complexity index is 665. The Labute approximate surface area is 127 Å². The van der Waals surface area contributed by atoms with Crippen molar-refractivity contribution in [2.75, 3.05) is 7.11 Å². The van der Waals surface area contributed by atoms with Crippen LogP contribution >= 0.6 is 23.2 Å². The topological polar surface area (TPSA) is 42.2 Å². The second-order valence-corrected chi connectivity index (χ2v) is 4.64. The van der Waals surface area contributed by atoms with Crippen LogP contribution in [0, 0.1) is 11.3 Å². The van der Waals surface area contributed by atoms with Gasteiger partial charge in [0.05, 0.1) is 18.7 Å². The van der Waals surface area contributed by atoms with Crippen molar-refractivity contribution in [2.24, 2.45) is 0 Å². The largest absolute Gasteiger partial charge is 0.493 e. The zero-order valence-corrected chi connectivity index (χ0v) is 12.2. The molecule has 0 fully saturated rings. The molecule has 0 atom stereocenters. The average Bonchev–Trinajstić information content (AvgIpc) is 2.48. The number of halogens is 2. The van der Waals surface area contributed by atoms with Crippen LogP contribution < -0.4 is 9.47 Å². The summed E-state index contributed by atoms with van der Waals surface area (Å²) in [5.41, 5.74) is 1.34. The fourth-order valence-corrected chi connectivity index (χ4v) is 2.19. The molecule has 20 heavy (non-hydrogen) atoms. The highest BCUT2D eigenvalue weighted by atomic mass is 35.5. The Morgan fingerprint density at radius 3 is 2.55 bits per heavy atom. The molecule has 0 aliphatic heterocycles. The highest BCUT2D eigenvalue weighted by Crippen LogP contribution is 2.34. The van der Waals surface area contributed by atoms with Gasteiger partial charge in [0.1, 0.15) is 5.75 Å². The van der Waals surface area contributed by atoms with Crippen LogP contribution in [0.3, 0.4) is 0 Å². The van der Waals surface area contributed by atoms with Crippen LogP contribution in [-0.2, 0) is 5.88 Å². The number of hydrogen-bond acceptors (Lipinski definition) is 3. The predicted molar refractivity (Wildman–Crippen MR) is 78.8 cm³/mol. The van der Waals surface area contributed by atoms with Gasteiger partial charge in [-0.15, -0.1) is 11.6 Å². The Hall–Kier alpha value is -1.89. The maximum Gasteiger partial charge on any atom is 0.169 e. The summed E-state index contributed by atoms with van der Waals surface area (Å²) >= 11 is 11.8. The fourth-order valence-electron chi connectivity index (χ4n) is 1.65. The maximum atomic E-state index is 8.86. The van der Waals surface area contributed by atoms with Crippen molar-refractivity contribution in [3.05, 3.63) is 52.5 Å². The number of rotatable bonds is 4. The van der Waals surface area contributed by atoms with Gasteiger partial charge in [-0.2, -0.15) is 5.26 Å². The van der Waals surface area contributed by atoms with Gasteiger partial charge in [0, 0.05) is 17.0 Å². The molecule has 0 aromatic heterocycles. The molecular formula is C15H11Cl2NO2. The van der Waals surface area contributed by atoms with Gasteiger partial charge in [0.15, 0.2) is 11.5 Å². The first-order chi connectivity index (χ1) is 9.67. The molecule has 0 N–H and O–H groups in total. The van der Waals surface area contributed by atoms with Gasteiger partial charge in [-0.25, -0.2) is 0 Å². The van der Waals surface area contributed by atoms with Gasteiger partial charge in [0.25, 0.3) is 0 Å². The molecule has 3 nitrogen and oxygen atoms in total. The van der Waals surface area contributed by atoms with Gasteiger partial charge in [-0.05, 0) is 29.8 Å². The Morgan fingerprint density at radius 1 is 1.15 bits per heavy atom. The summed E-state index contributed by atoms with van der Waals surface area (Å²) in [4.78, 5) is 0. The third-order valence-corrected chi connectivity index (χ3v) is 3.33. The van der Waals surface area contributed by atoms with Crippen molar-refractivity contribution >= 4 is 23.2 Å². The average molecular weight is 308 g/mol. The zero-order chi connectivity index (χ0) is 14.5. The van der Waals surface area contributed by atoms with E-state index in [9.17, 15) is 0 Å². The first-order valence-electron chi connectivity index (χ1n) is 5.78. The van der Waals surface area contributed by atoms with Gasteiger partial charge < -0.3 is 9.47 Å². The van der Waals surface area contributed by atoms with Crippen LogP contribution in [0.15, 0.2) is 36.4 Å². The molecule has 0 saturated heterocycles.